The highest BCUT2D eigenvalue weighted by Crippen LogP contribution is 2.27. The summed E-state index contributed by atoms with van der Waals surface area (Å²) in [6, 6.07) is 6.85. The second-order valence-corrected chi connectivity index (χ2v) is 2.91. The standard InChI is InChI=1S/C9H8N2O3/c12-9-6-5-7-3-1-2-4-8(7)10(9)11(13)14/h1-6,9,12H. The summed E-state index contributed by atoms with van der Waals surface area (Å²) in [5, 5.41) is 20.2. The zero-order valence-electron chi connectivity index (χ0n) is 7.20. The molecule has 14 heavy (non-hydrogen) atoms. The molecule has 0 aliphatic carbocycles. The van der Waals surface area contributed by atoms with E-state index in [0.29, 0.717) is 5.69 Å². The van der Waals surface area contributed by atoms with E-state index in [9.17, 15) is 15.2 Å². The van der Waals surface area contributed by atoms with Crippen LogP contribution in [0.25, 0.3) is 6.08 Å². The largest absolute Gasteiger partial charge is 0.365 e. The minimum atomic E-state index is -1.19. The fraction of sp³-hybridized carbons (Fsp3) is 0.111. The number of aliphatic hydroxyl groups is 1. The van der Waals surface area contributed by atoms with Gasteiger partial charge in [-0.2, -0.15) is 0 Å². The van der Waals surface area contributed by atoms with Gasteiger partial charge in [-0.25, -0.2) is 10.1 Å². The number of nitrogens with zero attached hydrogens (tertiary/aromatic N) is 2. The van der Waals surface area contributed by atoms with Crippen molar-refractivity contribution in [3.63, 3.8) is 0 Å². The molecular formula is C9H8N2O3. The van der Waals surface area contributed by atoms with Crippen molar-refractivity contribution >= 4 is 11.8 Å². The van der Waals surface area contributed by atoms with Crippen LogP contribution in [-0.2, 0) is 0 Å². The average molecular weight is 192 g/mol. The van der Waals surface area contributed by atoms with E-state index >= 15 is 0 Å². The number of hydrogen-bond donors (Lipinski definition) is 1. The minimum absolute atomic E-state index is 0.410. The second-order valence-electron chi connectivity index (χ2n) is 2.91. The van der Waals surface area contributed by atoms with Crippen molar-refractivity contribution in [1.82, 2.24) is 0 Å². The van der Waals surface area contributed by atoms with Crippen molar-refractivity contribution in [2.45, 2.75) is 6.23 Å². The lowest BCUT2D eigenvalue weighted by Gasteiger charge is -2.22. The molecule has 5 nitrogen and oxygen atoms in total. The first-order valence-electron chi connectivity index (χ1n) is 4.09. The van der Waals surface area contributed by atoms with Crippen LogP contribution in [0.3, 0.4) is 0 Å². The monoisotopic (exact) mass is 192 g/mol. The maximum Gasteiger partial charge on any atom is 0.209 e. The van der Waals surface area contributed by atoms with Crippen LogP contribution < -0.4 is 5.01 Å². The smallest absolute Gasteiger partial charge is 0.209 e. The Morgan fingerprint density at radius 2 is 2.14 bits per heavy atom. The molecule has 5 heteroatoms. The Bertz CT molecular complexity index is 403. The average Bonchev–Trinajstić information content (AvgIpc) is 2.17. The number of hydrazine groups is 1. The molecule has 1 aliphatic heterocycles. The zero-order valence-corrected chi connectivity index (χ0v) is 7.20. The van der Waals surface area contributed by atoms with Crippen molar-refractivity contribution in [3.05, 3.63) is 46.0 Å². The maximum absolute atomic E-state index is 10.7. The molecule has 0 amide bonds. The van der Waals surface area contributed by atoms with E-state index in [2.05, 4.69) is 0 Å². The molecule has 0 saturated carbocycles. The lowest BCUT2D eigenvalue weighted by Crippen LogP contribution is -2.40. The number of nitro groups is 1. The van der Waals surface area contributed by atoms with Crippen molar-refractivity contribution < 1.29 is 10.1 Å². The van der Waals surface area contributed by atoms with Crippen molar-refractivity contribution in [3.8, 4) is 0 Å². The first-order valence-corrected chi connectivity index (χ1v) is 4.09. The molecule has 2 rings (SSSR count). The van der Waals surface area contributed by atoms with Crippen LogP contribution in [0.15, 0.2) is 30.3 Å². The van der Waals surface area contributed by atoms with Gasteiger partial charge in [0.05, 0.1) is 0 Å². The summed E-state index contributed by atoms with van der Waals surface area (Å²) < 4.78 is 0. The molecule has 1 aliphatic rings. The molecule has 72 valence electrons. The first kappa shape index (κ1) is 8.71. The summed E-state index contributed by atoms with van der Waals surface area (Å²) in [6.45, 7) is 0. The Hall–Kier alpha value is -1.88. The molecule has 0 aromatic heterocycles. The van der Waals surface area contributed by atoms with E-state index in [1.165, 1.54) is 6.08 Å². The molecule has 1 heterocycles. The second kappa shape index (κ2) is 3.12. The molecule has 0 spiro atoms. The highest BCUT2D eigenvalue weighted by Gasteiger charge is 2.29. The number of para-hydroxylation sites is 1. The van der Waals surface area contributed by atoms with Gasteiger partial charge in [0.2, 0.25) is 6.23 Å². The van der Waals surface area contributed by atoms with Crippen LogP contribution in [0, 0.1) is 10.1 Å². The molecule has 1 atom stereocenters. The van der Waals surface area contributed by atoms with Crippen LogP contribution in [0.5, 0.6) is 0 Å². The molecule has 0 saturated heterocycles. The summed E-state index contributed by atoms with van der Waals surface area (Å²) in [7, 11) is 0. The Balaban J connectivity index is 2.53. The van der Waals surface area contributed by atoms with Gasteiger partial charge in [0, 0.05) is 5.56 Å². The van der Waals surface area contributed by atoms with Gasteiger partial charge in [-0.1, -0.05) is 29.3 Å². The normalized spacial score (nSPS) is 19.2. The molecule has 1 N–H and O–H groups in total. The summed E-state index contributed by atoms with van der Waals surface area (Å²) in [5.74, 6) is 0. The van der Waals surface area contributed by atoms with Gasteiger partial charge < -0.3 is 5.11 Å². The molecule has 0 radical (unpaired) electrons. The Kier molecular flexibility index (Phi) is 1.94. The number of benzene rings is 1. The Labute approximate surface area is 80.0 Å². The van der Waals surface area contributed by atoms with Crippen LogP contribution in [-0.4, -0.2) is 16.4 Å². The predicted molar refractivity (Wildman–Crippen MR) is 51.0 cm³/mol. The van der Waals surface area contributed by atoms with Gasteiger partial charge in [0.15, 0.2) is 5.03 Å². The van der Waals surface area contributed by atoms with Gasteiger partial charge in [0.1, 0.15) is 5.69 Å². The number of fused-ring (bicyclic) bond motifs is 1. The van der Waals surface area contributed by atoms with Crippen molar-refractivity contribution in [2.24, 2.45) is 0 Å². The van der Waals surface area contributed by atoms with Crippen molar-refractivity contribution in [1.29, 1.82) is 0 Å². The fourth-order valence-electron chi connectivity index (χ4n) is 1.44. The fourth-order valence-corrected chi connectivity index (χ4v) is 1.44. The minimum Gasteiger partial charge on any atom is -0.365 e. The number of anilines is 1. The van der Waals surface area contributed by atoms with Gasteiger partial charge in [-0.15, -0.1) is 0 Å². The van der Waals surface area contributed by atoms with E-state index < -0.39 is 11.3 Å². The quantitative estimate of drug-likeness (QED) is 0.533. The molecule has 0 fully saturated rings. The van der Waals surface area contributed by atoms with E-state index in [1.807, 2.05) is 0 Å². The summed E-state index contributed by atoms with van der Waals surface area (Å²) in [6.07, 6.45) is 1.85. The van der Waals surface area contributed by atoms with E-state index in [-0.39, 0.29) is 0 Å². The third-order valence-electron chi connectivity index (χ3n) is 2.06. The Morgan fingerprint density at radius 3 is 2.86 bits per heavy atom. The summed E-state index contributed by atoms with van der Waals surface area (Å²) >= 11 is 0. The third-order valence-corrected chi connectivity index (χ3v) is 2.06. The van der Waals surface area contributed by atoms with Crippen LogP contribution in [0.4, 0.5) is 5.69 Å². The molecular weight excluding hydrogens is 184 g/mol. The highest BCUT2D eigenvalue weighted by molar-refractivity contribution is 5.70. The first-order chi connectivity index (χ1) is 6.70. The number of aliphatic hydroxyl groups excluding tert-OH is 1. The van der Waals surface area contributed by atoms with Crippen molar-refractivity contribution in [2.75, 3.05) is 5.01 Å². The van der Waals surface area contributed by atoms with E-state index in [0.717, 1.165) is 10.6 Å². The van der Waals surface area contributed by atoms with Crippen LogP contribution in [0.1, 0.15) is 5.56 Å². The number of rotatable bonds is 1. The Morgan fingerprint density at radius 1 is 1.43 bits per heavy atom. The highest BCUT2D eigenvalue weighted by atomic mass is 16.7. The van der Waals surface area contributed by atoms with Gasteiger partial charge in [-0.05, 0) is 12.1 Å². The molecule has 1 aromatic rings. The van der Waals surface area contributed by atoms with Crippen LogP contribution >= 0.6 is 0 Å². The SMILES string of the molecule is O=[N+]([O-])N1c2ccccc2C=CC1O. The zero-order chi connectivity index (χ0) is 10.1. The van der Waals surface area contributed by atoms with E-state index in [1.54, 1.807) is 30.3 Å². The van der Waals surface area contributed by atoms with Crippen LogP contribution in [0.2, 0.25) is 0 Å². The lowest BCUT2D eigenvalue weighted by molar-refractivity contribution is -0.506. The molecule has 0 bridgehead atoms. The molecule has 1 unspecified atom stereocenters. The topological polar surface area (TPSA) is 66.6 Å². The third kappa shape index (κ3) is 1.23. The molecule has 1 aromatic carbocycles. The lowest BCUT2D eigenvalue weighted by atomic mass is 10.1. The van der Waals surface area contributed by atoms with Gasteiger partial charge in [0.25, 0.3) is 0 Å². The van der Waals surface area contributed by atoms with Gasteiger partial charge in [-0.3, -0.25) is 0 Å². The van der Waals surface area contributed by atoms with Gasteiger partial charge >= 0.3 is 0 Å². The van der Waals surface area contributed by atoms with E-state index in [4.69, 9.17) is 0 Å². The predicted octanol–water partition coefficient (Wildman–Crippen LogP) is 1.03. The summed E-state index contributed by atoms with van der Waals surface area (Å²) in [4.78, 5) is 10.7. The number of hydrogen-bond acceptors (Lipinski definition) is 3. The maximum atomic E-state index is 10.7. The summed E-state index contributed by atoms with van der Waals surface area (Å²) in [5.41, 5.74) is 1.14.